The van der Waals surface area contributed by atoms with E-state index in [0.29, 0.717) is 11.8 Å². The normalized spacial score (nSPS) is 22.3. The number of hydrogen-bond donors (Lipinski definition) is 0. The van der Waals surface area contributed by atoms with Crippen molar-refractivity contribution in [3.8, 4) is 11.1 Å². The fraction of sp³-hybridized carbons (Fsp3) is 0.394. The third-order valence-corrected chi connectivity index (χ3v) is 8.46. The van der Waals surface area contributed by atoms with Crippen molar-refractivity contribution >= 4 is 6.08 Å². The van der Waals surface area contributed by atoms with E-state index < -0.39 is 0 Å². The molecular formula is C33H38. The third kappa shape index (κ3) is 4.33. The predicted octanol–water partition coefficient (Wildman–Crippen LogP) is 8.97. The van der Waals surface area contributed by atoms with E-state index in [1.54, 1.807) is 5.56 Å². The van der Waals surface area contributed by atoms with Gasteiger partial charge >= 0.3 is 0 Å². The summed E-state index contributed by atoms with van der Waals surface area (Å²) >= 11 is 0. The van der Waals surface area contributed by atoms with E-state index in [1.165, 1.54) is 82.2 Å². The molecule has 0 heteroatoms. The van der Waals surface area contributed by atoms with Gasteiger partial charge in [0.1, 0.15) is 0 Å². The minimum Gasteiger partial charge on any atom is -0.0986 e. The molecule has 0 amide bonds. The molecule has 0 nitrogen and oxygen atoms in total. The van der Waals surface area contributed by atoms with E-state index in [-0.39, 0.29) is 0 Å². The van der Waals surface area contributed by atoms with E-state index in [1.807, 2.05) is 0 Å². The van der Waals surface area contributed by atoms with Gasteiger partial charge in [0.2, 0.25) is 0 Å². The van der Waals surface area contributed by atoms with Crippen LogP contribution >= 0.6 is 0 Å². The van der Waals surface area contributed by atoms with Crippen molar-refractivity contribution in [1.29, 1.82) is 0 Å². The Hall–Kier alpha value is -2.60. The summed E-state index contributed by atoms with van der Waals surface area (Å²) in [4.78, 5) is 0. The zero-order valence-electron chi connectivity index (χ0n) is 20.7. The second-order valence-electron chi connectivity index (χ2n) is 10.9. The topological polar surface area (TPSA) is 0 Å². The average molecular weight is 435 g/mol. The Bertz CT molecular complexity index is 1160. The fourth-order valence-electron chi connectivity index (χ4n) is 6.11. The maximum absolute atomic E-state index is 4.42. The number of aryl methyl sites for hydroxylation is 2. The monoisotopic (exact) mass is 434 g/mol. The maximum atomic E-state index is 4.42. The van der Waals surface area contributed by atoms with Crippen LogP contribution in [0.25, 0.3) is 17.2 Å². The van der Waals surface area contributed by atoms with E-state index in [4.69, 9.17) is 0 Å². The molecule has 0 radical (unpaired) electrons. The van der Waals surface area contributed by atoms with Gasteiger partial charge in [0, 0.05) is 5.92 Å². The number of benzene rings is 2. The zero-order chi connectivity index (χ0) is 23.1. The molecule has 3 aliphatic carbocycles. The Morgan fingerprint density at radius 1 is 1.03 bits per heavy atom. The van der Waals surface area contributed by atoms with Gasteiger partial charge in [0.15, 0.2) is 0 Å². The molecule has 170 valence electrons. The van der Waals surface area contributed by atoms with Crippen LogP contribution in [0.3, 0.4) is 0 Å². The molecule has 1 saturated carbocycles. The second-order valence-corrected chi connectivity index (χ2v) is 10.9. The van der Waals surface area contributed by atoms with E-state index in [0.717, 1.165) is 18.8 Å². The quantitative estimate of drug-likeness (QED) is 0.398. The molecule has 33 heavy (non-hydrogen) atoms. The Balaban J connectivity index is 1.44. The molecule has 2 aromatic carbocycles. The summed E-state index contributed by atoms with van der Waals surface area (Å²) in [5.74, 6) is 1.75. The fourth-order valence-corrected chi connectivity index (χ4v) is 6.11. The van der Waals surface area contributed by atoms with Crippen molar-refractivity contribution in [2.75, 3.05) is 0 Å². The van der Waals surface area contributed by atoms with Gasteiger partial charge < -0.3 is 0 Å². The SMILES string of the molecule is C=C1C=CC(C)C(=C)C1CC1=Cc2cccc(-c3cc(C)cc(C)c3CCC3CCC3)c2C1. The van der Waals surface area contributed by atoms with Crippen LogP contribution in [0.5, 0.6) is 0 Å². The molecule has 0 bridgehead atoms. The highest BCUT2D eigenvalue weighted by molar-refractivity contribution is 5.80. The largest absolute Gasteiger partial charge is 0.0986 e. The molecule has 0 aliphatic heterocycles. The summed E-state index contributed by atoms with van der Waals surface area (Å²) < 4.78 is 0. The van der Waals surface area contributed by atoms with Crippen LogP contribution in [0.4, 0.5) is 0 Å². The highest BCUT2D eigenvalue weighted by Crippen LogP contribution is 2.42. The molecule has 0 heterocycles. The smallest absolute Gasteiger partial charge is 0.00826 e. The minimum atomic E-state index is 0.369. The van der Waals surface area contributed by atoms with Gasteiger partial charge in [0.25, 0.3) is 0 Å². The van der Waals surface area contributed by atoms with Crippen LogP contribution < -0.4 is 0 Å². The lowest BCUT2D eigenvalue weighted by molar-refractivity contribution is 0.296. The number of fused-ring (bicyclic) bond motifs is 1. The van der Waals surface area contributed by atoms with Gasteiger partial charge in [-0.2, -0.15) is 0 Å². The first-order valence-electron chi connectivity index (χ1n) is 12.9. The summed E-state index contributed by atoms with van der Waals surface area (Å²) in [5, 5.41) is 0. The summed E-state index contributed by atoms with van der Waals surface area (Å²) in [7, 11) is 0. The van der Waals surface area contributed by atoms with E-state index >= 15 is 0 Å². The van der Waals surface area contributed by atoms with Crippen LogP contribution in [0, 0.1) is 31.6 Å². The lowest BCUT2D eigenvalue weighted by atomic mass is 9.77. The Kier molecular flexibility index (Phi) is 6.04. The summed E-state index contributed by atoms with van der Waals surface area (Å²) in [6.07, 6.45) is 15.8. The van der Waals surface area contributed by atoms with Gasteiger partial charge in [-0.15, -0.1) is 0 Å². The molecule has 2 unspecified atom stereocenters. The summed E-state index contributed by atoms with van der Waals surface area (Å²) in [5.41, 5.74) is 14.3. The first-order chi connectivity index (χ1) is 15.9. The molecule has 0 aromatic heterocycles. The summed E-state index contributed by atoms with van der Waals surface area (Å²) in [6, 6.07) is 11.7. The highest BCUT2D eigenvalue weighted by atomic mass is 14.3. The van der Waals surface area contributed by atoms with Crippen LogP contribution in [0.1, 0.15) is 66.8 Å². The molecule has 2 atom stereocenters. The van der Waals surface area contributed by atoms with Crippen LogP contribution in [0.2, 0.25) is 0 Å². The van der Waals surface area contributed by atoms with Gasteiger partial charge in [-0.05, 0) is 90.3 Å². The Morgan fingerprint density at radius 3 is 2.61 bits per heavy atom. The van der Waals surface area contributed by atoms with Gasteiger partial charge in [-0.25, -0.2) is 0 Å². The van der Waals surface area contributed by atoms with Crippen LogP contribution in [0.15, 0.2) is 72.4 Å². The van der Waals surface area contributed by atoms with Gasteiger partial charge in [0.05, 0.1) is 0 Å². The van der Waals surface area contributed by atoms with Gasteiger partial charge in [-0.3, -0.25) is 0 Å². The Morgan fingerprint density at radius 2 is 1.85 bits per heavy atom. The number of allylic oxidation sites excluding steroid dienone is 5. The van der Waals surface area contributed by atoms with E-state index in [2.05, 4.69) is 82.5 Å². The molecule has 0 saturated heterocycles. The standard InChI is InChI=1S/C33H38/c1-21-16-24(4)29(15-14-26-8-6-9-26)33(17-21)30-11-7-10-28-18-27(20-32(28)30)19-31-23(3)13-12-22(2)25(31)5/h7,10-13,16-18,22,26,31H,3,5-6,8-9,14-15,19-20H2,1-2,4H3. The van der Waals surface area contributed by atoms with Crippen LogP contribution in [-0.4, -0.2) is 0 Å². The molecule has 3 aliphatic rings. The number of hydrogen-bond acceptors (Lipinski definition) is 0. The lowest BCUT2D eigenvalue weighted by Crippen LogP contribution is -2.15. The van der Waals surface area contributed by atoms with Crippen molar-refractivity contribution in [3.63, 3.8) is 0 Å². The molecular weight excluding hydrogens is 396 g/mol. The molecule has 0 spiro atoms. The number of rotatable bonds is 6. The van der Waals surface area contributed by atoms with Crippen molar-refractivity contribution < 1.29 is 0 Å². The second kappa shape index (κ2) is 8.98. The molecule has 1 fully saturated rings. The van der Waals surface area contributed by atoms with Crippen molar-refractivity contribution in [2.24, 2.45) is 17.8 Å². The lowest BCUT2D eigenvalue weighted by Gasteiger charge is -2.28. The highest BCUT2D eigenvalue weighted by Gasteiger charge is 2.26. The van der Waals surface area contributed by atoms with Crippen molar-refractivity contribution in [3.05, 3.63) is 100 Å². The predicted molar refractivity (Wildman–Crippen MR) is 143 cm³/mol. The van der Waals surface area contributed by atoms with Crippen LogP contribution in [-0.2, 0) is 12.8 Å². The average Bonchev–Trinajstić information content (AvgIpc) is 3.17. The molecule has 0 N–H and O–H groups in total. The first-order valence-corrected chi connectivity index (χ1v) is 12.9. The van der Waals surface area contributed by atoms with Crippen molar-refractivity contribution in [1.82, 2.24) is 0 Å². The molecule has 5 rings (SSSR count). The van der Waals surface area contributed by atoms with Crippen molar-refractivity contribution in [2.45, 2.75) is 65.7 Å². The maximum Gasteiger partial charge on any atom is 0.00826 e. The third-order valence-electron chi connectivity index (χ3n) is 8.46. The first kappa shape index (κ1) is 22.2. The summed E-state index contributed by atoms with van der Waals surface area (Å²) in [6.45, 7) is 15.6. The molecule has 2 aromatic rings. The Labute approximate surface area is 200 Å². The minimum absolute atomic E-state index is 0.369. The van der Waals surface area contributed by atoms with E-state index in [9.17, 15) is 0 Å². The van der Waals surface area contributed by atoms with Gasteiger partial charge in [-0.1, -0.05) is 105 Å². The zero-order valence-corrected chi connectivity index (χ0v) is 20.7.